The van der Waals surface area contributed by atoms with Crippen LogP contribution in [0.2, 0.25) is 5.02 Å². The van der Waals surface area contributed by atoms with Gasteiger partial charge in [-0.2, -0.15) is 0 Å². The number of ether oxygens (including phenoxy) is 1. The largest absolute Gasteiger partial charge is 0.416 e. The average Bonchev–Trinajstić information content (AvgIpc) is 3.37. The second kappa shape index (κ2) is 7.14. The molecule has 2 aromatic rings. The number of fused-ring (bicyclic) bond motifs is 1. The fourth-order valence-corrected chi connectivity index (χ4v) is 4.85. The maximum absolute atomic E-state index is 13.1. The van der Waals surface area contributed by atoms with Crippen LogP contribution in [0.4, 0.5) is 0 Å². The van der Waals surface area contributed by atoms with Crippen LogP contribution in [0.1, 0.15) is 41.8 Å². The van der Waals surface area contributed by atoms with Gasteiger partial charge >= 0.3 is 5.97 Å². The van der Waals surface area contributed by atoms with Crippen LogP contribution < -0.4 is 4.74 Å². The molecule has 4 rings (SSSR count). The summed E-state index contributed by atoms with van der Waals surface area (Å²) in [5.74, 6) is 0.132. The third-order valence-corrected chi connectivity index (χ3v) is 6.39. The van der Waals surface area contributed by atoms with E-state index in [4.69, 9.17) is 16.3 Å². The molecule has 1 saturated carbocycles. The molecule has 1 aliphatic carbocycles. The number of esters is 1. The third-order valence-electron chi connectivity index (χ3n) is 4.93. The summed E-state index contributed by atoms with van der Waals surface area (Å²) in [5.41, 5.74) is 2.03. The molecule has 0 bridgehead atoms. The van der Waals surface area contributed by atoms with E-state index in [1.54, 1.807) is 0 Å². The molecule has 26 heavy (non-hydrogen) atoms. The molecule has 0 N–H and O–H groups in total. The lowest BCUT2D eigenvalue weighted by atomic mass is 9.95. The SMILES string of the molecule is CC(=O)Oc1cc2c(s1)CCN(C(C(=O)C1CC1)c1ccccc1Cl)C2. The van der Waals surface area contributed by atoms with E-state index in [2.05, 4.69) is 4.90 Å². The minimum absolute atomic E-state index is 0.164. The number of ketones is 1. The van der Waals surface area contributed by atoms with Gasteiger partial charge < -0.3 is 4.74 Å². The lowest BCUT2D eigenvalue weighted by Crippen LogP contribution is -2.38. The summed E-state index contributed by atoms with van der Waals surface area (Å²) in [5, 5.41) is 1.27. The zero-order valence-electron chi connectivity index (χ0n) is 14.5. The molecule has 0 radical (unpaired) electrons. The first-order chi connectivity index (χ1) is 12.5. The van der Waals surface area contributed by atoms with Gasteiger partial charge in [0.1, 0.15) is 0 Å². The van der Waals surface area contributed by atoms with E-state index in [9.17, 15) is 9.59 Å². The fraction of sp³-hybridized carbons (Fsp3) is 0.400. The van der Waals surface area contributed by atoms with Gasteiger partial charge in [0, 0.05) is 35.8 Å². The van der Waals surface area contributed by atoms with Gasteiger partial charge in [0.05, 0.1) is 6.04 Å². The Bertz CT molecular complexity index is 858. The van der Waals surface area contributed by atoms with Crippen LogP contribution in [-0.2, 0) is 22.6 Å². The topological polar surface area (TPSA) is 46.6 Å². The number of thiophene rings is 1. The van der Waals surface area contributed by atoms with Crippen LogP contribution in [-0.4, -0.2) is 23.2 Å². The van der Waals surface area contributed by atoms with Gasteiger partial charge in [-0.25, -0.2) is 0 Å². The molecule has 1 aromatic heterocycles. The molecule has 1 unspecified atom stereocenters. The van der Waals surface area contributed by atoms with Crippen molar-refractivity contribution in [2.24, 2.45) is 5.92 Å². The number of Topliss-reactive ketones (excluding diaryl/α,β-unsaturated/α-hetero) is 1. The van der Waals surface area contributed by atoms with E-state index in [0.717, 1.165) is 36.9 Å². The fourth-order valence-electron chi connectivity index (χ4n) is 3.56. The normalized spacial score (nSPS) is 18.2. The Morgan fingerprint density at radius 1 is 1.31 bits per heavy atom. The standard InChI is InChI=1S/C20H20ClNO3S/c1-12(23)25-18-10-14-11-22(9-8-17(14)26-18)19(20(24)13-6-7-13)15-4-2-3-5-16(15)21/h2-5,10,13,19H,6-9,11H2,1H3. The maximum atomic E-state index is 13.1. The first-order valence-corrected chi connectivity index (χ1v) is 10.0. The van der Waals surface area contributed by atoms with Gasteiger partial charge in [0.2, 0.25) is 0 Å². The van der Waals surface area contributed by atoms with E-state index in [-0.39, 0.29) is 23.7 Å². The summed E-state index contributed by atoms with van der Waals surface area (Å²) >= 11 is 7.96. The molecule has 1 aliphatic heterocycles. The lowest BCUT2D eigenvalue weighted by molar-refractivity contribution is -0.131. The van der Waals surface area contributed by atoms with Crippen LogP contribution in [0, 0.1) is 5.92 Å². The number of carbonyl (C=O) groups excluding carboxylic acids is 2. The first kappa shape index (κ1) is 17.7. The Kier molecular flexibility index (Phi) is 4.86. The van der Waals surface area contributed by atoms with Crippen molar-refractivity contribution in [2.45, 2.75) is 38.8 Å². The quantitative estimate of drug-likeness (QED) is 0.711. The molecular formula is C20H20ClNO3S. The predicted molar refractivity (Wildman–Crippen MR) is 102 cm³/mol. The molecule has 2 aliphatic rings. The van der Waals surface area contributed by atoms with Crippen molar-refractivity contribution in [2.75, 3.05) is 6.54 Å². The van der Waals surface area contributed by atoms with Crippen LogP contribution in [0.25, 0.3) is 0 Å². The first-order valence-electron chi connectivity index (χ1n) is 8.85. The van der Waals surface area contributed by atoms with Crippen molar-refractivity contribution in [3.05, 3.63) is 51.4 Å². The van der Waals surface area contributed by atoms with Gasteiger partial charge in [-0.15, -0.1) is 11.3 Å². The Labute approximate surface area is 161 Å². The Hall–Kier alpha value is -1.69. The summed E-state index contributed by atoms with van der Waals surface area (Å²) < 4.78 is 5.24. The second-order valence-electron chi connectivity index (χ2n) is 6.93. The number of carbonyl (C=O) groups is 2. The molecule has 1 atom stereocenters. The predicted octanol–water partition coefficient (Wildman–Crippen LogP) is 4.41. The van der Waals surface area contributed by atoms with E-state index in [1.807, 2.05) is 30.3 Å². The number of hydrogen-bond acceptors (Lipinski definition) is 5. The minimum Gasteiger partial charge on any atom is -0.416 e. The summed E-state index contributed by atoms with van der Waals surface area (Å²) in [4.78, 5) is 27.7. The van der Waals surface area contributed by atoms with Crippen molar-refractivity contribution in [3.63, 3.8) is 0 Å². The van der Waals surface area contributed by atoms with E-state index in [0.29, 0.717) is 16.6 Å². The zero-order valence-corrected chi connectivity index (χ0v) is 16.1. The Morgan fingerprint density at radius 2 is 2.08 bits per heavy atom. The molecule has 0 spiro atoms. The van der Waals surface area contributed by atoms with Crippen molar-refractivity contribution >= 4 is 34.7 Å². The number of benzene rings is 1. The van der Waals surface area contributed by atoms with Gasteiger partial charge in [-0.05, 0) is 42.5 Å². The molecule has 4 nitrogen and oxygen atoms in total. The smallest absolute Gasteiger partial charge is 0.308 e. The number of rotatable bonds is 5. The zero-order chi connectivity index (χ0) is 18.3. The van der Waals surface area contributed by atoms with Crippen molar-refractivity contribution in [1.82, 2.24) is 4.90 Å². The average molecular weight is 390 g/mol. The molecule has 1 fully saturated rings. The summed E-state index contributed by atoms with van der Waals surface area (Å²) in [6, 6.07) is 9.26. The van der Waals surface area contributed by atoms with Crippen LogP contribution >= 0.6 is 22.9 Å². The van der Waals surface area contributed by atoms with Crippen LogP contribution in [0.15, 0.2) is 30.3 Å². The highest BCUT2D eigenvalue weighted by atomic mass is 35.5. The summed E-state index contributed by atoms with van der Waals surface area (Å²) in [7, 11) is 0. The van der Waals surface area contributed by atoms with E-state index < -0.39 is 0 Å². The maximum Gasteiger partial charge on any atom is 0.308 e. The van der Waals surface area contributed by atoms with Crippen molar-refractivity contribution in [3.8, 4) is 5.06 Å². The van der Waals surface area contributed by atoms with Gasteiger partial charge in [-0.1, -0.05) is 29.8 Å². The molecular weight excluding hydrogens is 370 g/mol. The number of nitrogens with zero attached hydrogens (tertiary/aromatic N) is 1. The molecule has 0 saturated heterocycles. The third kappa shape index (κ3) is 3.56. The molecule has 6 heteroatoms. The van der Waals surface area contributed by atoms with Crippen molar-refractivity contribution < 1.29 is 14.3 Å². The summed E-state index contributed by atoms with van der Waals surface area (Å²) in [6.45, 7) is 2.87. The molecule has 0 amide bonds. The second-order valence-corrected chi connectivity index (χ2v) is 8.44. The van der Waals surface area contributed by atoms with Crippen LogP contribution in [0.3, 0.4) is 0 Å². The number of hydrogen-bond donors (Lipinski definition) is 0. The highest BCUT2D eigenvalue weighted by Crippen LogP contribution is 2.42. The monoisotopic (exact) mass is 389 g/mol. The lowest BCUT2D eigenvalue weighted by Gasteiger charge is -2.34. The van der Waals surface area contributed by atoms with Crippen molar-refractivity contribution in [1.29, 1.82) is 0 Å². The van der Waals surface area contributed by atoms with Gasteiger partial charge in [-0.3, -0.25) is 14.5 Å². The van der Waals surface area contributed by atoms with Crippen LogP contribution in [0.5, 0.6) is 5.06 Å². The highest BCUT2D eigenvalue weighted by Gasteiger charge is 2.40. The Morgan fingerprint density at radius 3 is 2.77 bits per heavy atom. The molecule has 1 aromatic carbocycles. The molecule has 136 valence electrons. The van der Waals surface area contributed by atoms with Gasteiger partial charge in [0.25, 0.3) is 0 Å². The highest BCUT2D eigenvalue weighted by molar-refractivity contribution is 7.14. The van der Waals surface area contributed by atoms with E-state index >= 15 is 0 Å². The number of halogens is 1. The minimum atomic E-state index is -0.307. The van der Waals surface area contributed by atoms with Gasteiger partial charge in [0.15, 0.2) is 10.8 Å². The summed E-state index contributed by atoms with van der Waals surface area (Å²) in [6.07, 6.45) is 2.81. The van der Waals surface area contributed by atoms with E-state index in [1.165, 1.54) is 23.1 Å². The Balaban J connectivity index is 1.63. The molecule has 2 heterocycles.